The topological polar surface area (TPSA) is 49.9 Å². The summed E-state index contributed by atoms with van der Waals surface area (Å²) < 4.78 is 0. The molecule has 0 bridgehead atoms. The first-order chi connectivity index (χ1) is 16.0. The van der Waals surface area contributed by atoms with Crippen LogP contribution in [0.15, 0.2) is 30.3 Å². The normalized spacial score (nSPS) is 12.4. The quantitative estimate of drug-likeness (QED) is 0.251. The van der Waals surface area contributed by atoms with Crippen LogP contribution in [-0.2, 0) is 0 Å². The van der Waals surface area contributed by atoms with E-state index >= 15 is 0 Å². The molecule has 0 aliphatic heterocycles. The van der Waals surface area contributed by atoms with Gasteiger partial charge in [-0.1, -0.05) is 29.8 Å². The first kappa shape index (κ1) is 24.0. The highest BCUT2D eigenvalue weighted by Gasteiger charge is 2.36. The van der Waals surface area contributed by atoms with Gasteiger partial charge in [0.15, 0.2) is 11.6 Å². The minimum Gasteiger partial charge on any atom is -0.346 e. The maximum Gasteiger partial charge on any atom is 0.195 e. The van der Waals surface area contributed by atoms with E-state index in [1.165, 1.54) is 0 Å². The number of benzene rings is 3. The zero-order valence-corrected chi connectivity index (χ0v) is 21.8. The lowest BCUT2D eigenvalue weighted by atomic mass is 9.73. The van der Waals surface area contributed by atoms with Crippen molar-refractivity contribution in [2.45, 2.75) is 55.4 Å². The summed E-state index contributed by atoms with van der Waals surface area (Å²) in [5, 5.41) is 1.86. The number of carbonyl (C=O) groups is 2. The van der Waals surface area contributed by atoms with Crippen molar-refractivity contribution in [2.75, 3.05) is 0 Å². The molecule has 3 aromatic carbocycles. The minimum atomic E-state index is 0.00648. The zero-order valence-electron chi connectivity index (χ0n) is 21.1. The monoisotopic (exact) mass is 471 g/mol. The summed E-state index contributed by atoms with van der Waals surface area (Å²) in [5.74, 6) is 0.0130. The van der Waals surface area contributed by atoms with Crippen LogP contribution in [0.3, 0.4) is 0 Å². The molecule has 5 rings (SSSR count). The average molecular weight is 472 g/mol. The summed E-state index contributed by atoms with van der Waals surface area (Å²) in [5.41, 5.74) is 11.7. The van der Waals surface area contributed by atoms with Gasteiger partial charge in [-0.3, -0.25) is 9.59 Å². The Morgan fingerprint density at radius 3 is 1.26 bits per heavy atom. The third kappa shape index (κ3) is 3.50. The minimum absolute atomic E-state index is 0.00648. The molecule has 34 heavy (non-hydrogen) atoms. The molecule has 1 aliphatic carbocycles. The van der Waals surface area contributed by atoms with E-state index in [-0.39, 0.29) is 11.6 Å². The van der Waals surface area contributed by atoms with Gasteiger partial charge in [0.25, 0.3) is 0 Å². The van der Waals surface area contributed by atoms with Crippen LogP contribution in [0.5, 0.6) is 0 Å². The SMILES string of the molecule is Cc1c(C)c(C)c2c(c1C)C(=O)c1c(C)c(C)c(C)c(C)c1C2=O.Clc1cc2ccccc2[nH]1. The third-order valence-electron chi connectivity index (χ3n) is 7.78. The average Bonchev–Trinajstić information content (AvgIpc) is 3.19. The van der Waals surface area contributed by atoms with Crippen LogP contribution in [-0.4, -0.2) is 16.6 Å². The first-order valence-electron chi connectivity index (χ1n) is 11.5. The van der Waals surface area contributed by atoms with Crippen molar-refractivity contribution in [1.82, 2.24) is 4.98 Å². The number of rotatable bonds is 0. The van der Waals surface area contributed by atoms with Crippen molar-refractivity contribution >= 4 is 34.1 Å². The number of carbonyl (C=O) groups excluding carboxylic acids is 2. The van der Waals surface area contributed by atoms with Crippen molar-refractivity contribution in [2.24, 2.45) is 0 Å². The molecule has 0 amide bonds. The number of aromatic amines is 1. The van der Waals surface area contributed by atoms with Crippen molar-refractivity contribution in [3.63, 3.8) is 0 Å². The van der Waals surface area contributed by atoms with Crippen molar-refractivity contribution in [1.29, 1.82) is 0 Å². The van der Waals surface area contributed by atoms with Crippen LogP contribution < -0.4 is 0 Å². The van der Waals surface area contributed by atoms with E-state index in [1.807, 2.05) is 85.7 Å². The van der Waals surface area contributed by atoms with E-state index in [9.17, 15) is 9.59 Å². The lowest BCUT2D eigenvalue weighted by Gasteiger charge is -2.28. The van der Waals surface area contributed by atoms with Crippen molar-refractivity contribution < 1.29 is 9.59 Å². The summed E-state index contributed by atoms with van der Waals surface area (Å²) in [4.78, 5) is 29.8. The second-order valence-electron chi connectivity index (χ2n) is 9.36. The molecule has 174 valence electrons. The molecule has 1 N–H and O–H groups in total. The maximum absolute atomic E-state index is 13.4. The highest BCUT2D eigenvalue weighted by molar-refractivity contribution is 6.31. The van der Waals surface area contributed by atoms with Gasteiger partial charge in [-0.05, 0) is 112 Å². The maximum atomic E-state index is 13.4. The molecule has 0 unspecified atom stereocenters. The number of hydrogen-bond acceptors (Lipinski definition) is 2. The van der Waals surface area contributed by atoms with Gasteiger partial charge in [0.2, 0.25) is 0 Å². The lowest BCUT2D eigenvalue weighted by molar-refractivity contribution is 0.0976. The molecule has 3 nitrogen and oxygen atoms in total. The van der Waals surface area contributed by atoms with Gasteiger partial charge >= 0.3 is 0 Å². The lowest BCUT2D eigenvalue weighted by Crippen LogP contribution is -2.27. The molecule has 1 aliphatic rings. The van der Waals surface area contributed by atoms with Crippen LogP contribution in [0.1, 0.15) is 76.4 Å². The number of aromatic nitrogens is 1. The molecule has 0 radical (unpaired) electrons. The van der Waals surface area contributed by atoms with Crippen LogP contribution in [0, 0.1) is 55.4 Å². The molecule has 1 aromatic heterocycles. The first-order valence-corrected chi connectivity index (χ1v) is 11.9. The number of nitrogens with one attached hydrogen (secondary N) is 1. The molecule has 0 saturated carbocycles. The van der Waals surface area contributed by atoms with Crippen molar-refractivity contribution in [3.05, 3.63) is 102 Å². The summed E-state index contributed by atoms with van der Waals surface area (Å²) in [7, 11) is 0. The molecule has 4 heteroatoms. The van der Waals surface area contributed by atoms with E-state index in [0.717, 1.165) is 55.4 Å². The molecule has 0 fully saturated rings. The third-order valence-corrected chi connectivity index (χ3v) is 7.98. The van der Waals surface area contributed by atoms with Gasteiger partial charge in [-0.15, -0.1) is 0 Å². The molecule has 4 aromatic rings. The molecule has 0 spiro atoms. The predicted molar refractivity (Wildman–Crippen MR) is 141 cm³/mol. The van der Waals surface area contributed by atoms with Crippen LogP contribution >= 0.6 is 11.6 Å². The number of fused-ring (bicyclic) bond motifs is 3. The van der Waals surface area contributed by atoms with Gasteiger partial charge in [-0.25, -0.2) is 0 Å². The fourth-order valence-corrected chi connectivity index (χ4v) is 5.27. The fraction of sp³-hybridized carbons (Fsp3) is 0.267. The number of H-pyrrole nitrogens is 1. The Labute approximate surface area is 206 Å². The van der Waals surface area contributed by atoms with Crippen LogP contribution in [0.2, 0.25) is 5.15 Å². The molecular weight excluding hydrogens is 442 g/mol. The number of hydrogen-bond donors (Lipinski definition) is 1. The zero-order chi connectivity index (χ0) is 25.1. The highest BCUT2D eigenvalue weighted by atomic mass is 35.5. The summed E-state index contributed by atoms with van der Waals surface area (Å²) in [6.07, 6.45) is 0. The largest absolute Gasteiger partial charge is 0.346 e. The second kappa shape index (κ2) is 8.56. The van der Waals surface area contributed by atoms with Crippen LogP contribution in [0.4, 0.5) is 0 Å². The number of halogens is 1. The van der Waals surface area contributed by atoms with E-state index in [1.54, 1.807) is 0 Å². The van der Waals surface area contributed by atoms with E-state index in [2.05, 4.69) is 4.98 Å². The van der Waals surface area contributed by atoms with Gasteiger partial charge in [0.05, 0.1) is 0 Å². The van der Waals surface area contributed by atoms with E-state index < -0.39 is 0 Å². The summed E-state index contributed by atoms with van der Waals surface area (Å²) in [6, 6.07) is 9.91. The summed E-state index contributed by atoms with van der Waals surface area (Å²) >= 11 is 5.73. The van der Waals surface area contributed by atoms with E-state index in [0.29, 0.717) is 27.4 Å². The fourth-order valence-electron chi connectivity index (χ4n) is 5.05. The van der Waals surface area contributed by atoms with Gasteiger partial charge in [-0.2, -0.15) is 0 Å². The summed E-state index contributed by atoms with van der Waals surface area (Å²) in [6.45, 7) is 16.0. The smallest absolute Gasteiger partial charge is 0.195 e. The van der Waals surface area contributed by atoms with Gasteiger partial charge in [0.1, 0.15) is 5.15 Å². The Hall–Kier alpha value is -3.17. The molecule has 0 atom stereocenters. The predicted octanol–water partition coefficient (Wildman–Crippen LogP) is 7.75. The molecular formula is C30H30ClNO2. The Kier molecular flexibility index (Phi) is 6.03. The van der Waals surface area contributed by atoms with Crippen molar-refractivity contribution in [3.8, 4) is 0 Å². The van der Waals surface area contributed by atoms with Gasteiger partial charge in [0, 0.05) is 33.2 Å². The Balaban J connectivity index is 0.000000226. The Morgan fingerprint density at radius 2 is 0.912 bits per heavy atom. The van der Waals surface area contributed by atoms with Gasteiger partial charge < -0.3 is 4.98 Å². The number of ketones is 2. The standard InChI is InChI=1S/C22H24O2.C8H6ClN/c1-9-10(2)14(6)18-17(13(9)5)21(23)19-15(7)11(3)12(4)16(8)20(19)22(18)24;9-8-5-6-3-1-2-4-7(6)10-8/h1-8H3;1-5,10H. The Bertz CT molecular complexity index is 1340. The molecule has 1 heterocycles. The number of para-hydroxylation sites is 1. The highest BCUT2D eigenvalue weighted by Crippen LogP contribution is 2.39. The molecule has 0 saturated heterocycles. The second-order valence-corrected chi connectivity index (χ2v) is 9.77. The Morgan fingerprint density at radius 1 is 0.559 bits per heavy atom. The van der Waals surface area contributed by atoms with E-state index in [4.69, 9.17) is 11.6 Å². The van der Waals surface area contributed by atoms with Crippen LogP contribution in [0.25, 0.3) is 10.9 Å².